The molecule has 3 amide bonds. The number of nitrogens with zero attached hydrogens (tertiary/aromatic N) is 1. The van der Waals surface area contributed by atoms with Crippen molar-refractivity contribution in [2.45, 2.75) is 29.5 Å². The van der Waals surface area contributed by atoms with Gasteiger partial charge in [0.2, 0.25) is 11.8 Å². The lowest BCUT2D eigenvalue weighted by Crippen LogP contribution is -2.42. The van der Waals surface area contributed by atoms with E-state index in [0.29, 0.717) is 17.9 Å². The van der Waals surface area contributed by atoms with Crippen molar-refractivity contribution >= 4 is 68.4 Å². The SMILES string of the molecule is Cc1ccccc1NC(=O)COc1ccc(Br)cc1[C@H]1c2sc(=O)[nH]c2SC2C3CC(C4C(=O)N(CC(=O)O)C(=O)C34)C21. The summed E-state index contributed by atoms with van der Waals surface area (Å²) in [5.41, 5.74) is 2.41. The number of H-pyrrole nitrogens is 1. The van der Waals surface area contributed by atoms with Gasteiger partial charge in [-0.25, -0.2) is 0 Å². The number of imide groups is 1. The lowest BCUT2D eigenvalue weighted by atomic mass is 9.68. The fourth-order valence-corrected chi connectivity index (χ4v) is 10.9. The molecule has 2 bridgehead atoms. The molecule has 1 aromatic heterocycles. The van der Waals surface area contributed by atoms with Crippen LogP contribution in [0.25, 0.3) is 0 Å². The van der Waals surface area contributed by atoms with Gasteiger partial charge in [0.25, 0.3) is 5.91 Å². The number of para-hydroxylation sites is 1. The summed E-state index contributed by atoms with van der Waals surface area (Å²) in [4.78, 5) is 68.3. The third-order valence-electron chi connectivity index (χ3n) is 9.19. The number of aryl methyl sites for hydroxylation is 1. The molecular weight excluding hydrogens is 658 g/mol. The molecule has 3 N–H and O–H groups in total. The normalized spacial score (nSPS) is 28.4. The summed E-state index contributed by atoms with van der Waals surface area (Å²) in [6.07, 6.45) is 0.675. The van der Waals surface area contributed by atoms with E-state index in [-0.39, 0.29) is 46.3 Å². The first-order valence-corrected chi connectivity index (χ1v) is 16.4. The van der Waals surface area contributed by atoms with Crippen LogP contribution >= 0.6 is 39.0 Å². The number of amides is 3. The summed E-state index contributed by atoms with van der Waals surface area (Å²) < 4.78 is 6.93. The van der Waals surface area contributed by atoms with Gasteiger partial charge >= 0.3 is 10.8 Å². The molecule has 6 unspecified atom stereocenters. The third-order valence-corrected chi connectivity index (χ3v) is 12.3. The van der Waals surface area contributed by atoms with Gasteiger partial charge in [0.15, 0.2) is 6.61 Å². The zero-order chi connectivity index (χ0) is 30.2. The summed E-state index contributed by atoms with van der Waals surface area (Å²) in [5.74, 6) is -3.74. The molecule has 4 aliphatic rings. The van der Waals surface area contributed by atoms with Gasteiger partial charge in [-0.2, -0.15) is 0 Å². The number of thioether (sulfide) groups is 1. The Morgan fingerprint density at radius 1 is 1.12 bits per heavy atom. The van der Waals surface area contributed by atoms with E-state index in [1.54, 1.807) is 17.8 Å². The highest BCUT2D eigenvalue weighted by atomic mass is 79.9. The van der Waals surface area contributed by atoms with Gasteiger partial charge < -0.3 is 20.1 Å². The molecule has 10 nitrogen and oxygen atoms in total. The fourth-order valence-electron chi connectivity index (χ4n) is 7.65. The average Bonchev–Trinajstić information content (AvgIpc) is 3.69. The Balaban J connectivity index is 1.24. The van der Waals surface area contributed by atoms with Crippen LogP contribution in [0, 0.1) is 36.5 Å². The Labute approximate surface area is 262 Å². The predicted molar refractivity (Wildman–Crippen MR) is 162 cm³/mol. The maximum atomic E-state index is 13.5. The van der Waals surface area contributed by atoms with Gasteiger partial charge in [-0.15, -0.1) is 11.8 Å². The minimum Gasteiger partial charge on any atom is -0.483 e. The second kappa shape index (κ2) is 10.6. The molecule has 43 heavy (non-hydrogen) atoms. The number of carboxylic acids is 1. The highest BCUT2D eigenvalue weighted by molar-refractivity contribution is 9.10. The number of hydrogen-bond acceptors (Lipinski definition) is 8. The van der Waals surface area contributed by atoms with Crippen molar-refractivity contribution in [2.75, 3.05) is 18.5 Å². The Bertz CT molecular complexity index is 1750. The minimum atomic E-state index is -1.22. The molecule has 2 saturated carbocycles. The van der Waals surface area contributed by atoms with Crippen LogP contribution < -0.4 is 14.9 Å². The largest absolute Gasteiger partial charge is 0.483 e. The van der Waals surface area contributed by atoms with Crippen LogP contribution in [0.2, 0.25) is 0 Å². The maximum Gasteiger partial charge on any atom is 0.323 e. The number of nitrogens with one attached hydrogen (secondary N) is 2. The van der Waals surface area contributed by atoms with Gasteiger partial charge in [0, 0.05) is 31.8 Å². The third kappa shape index (κ3) is 4.63. The van der Waals surface area contributed by atoms with Crippen molar-refractivity contribution in [1.29, 1.82) is 0 Å². The van der Waals surface area contributed by atoms with Gasteiger partial charge in [-0.05, 0) is 60.9 Å². The molecule has 1 saturated heterocycles. The Hall–Kier alpha value is -3.42. The van der Waals surface area contributed by atoms with E-state index >= 15 is 0 Å². The molecule has 3 aromatic rings. The molecule has 2 aliphatic heterocycles. The van der Waals surface area contributed by atoms with Crippen LogP contribution in [-0.4, -0.2) is 57.1 Å². The number of carboxylic acid groups (broad SMARTS) is 1. The van der Waals surface area contributed by atoms with Crippen LogP contribution in [0.3, 0.4) is 0 Å². The number of aromatic amines is 1. The number of carbonyl (C=O) groups is 4. The Morgan fingerprint density at radius 2 is 1.86 bits per heavy atom. The fraction of sp³-hybridized carbons (Fsp3) is 0.367. The van der Waals surface area contributed by atoms with Crippen molar-refractivity contribution < 1.29 is 29.0 Å². The van der Waals surface area contributed by atoms with Gasteiger partial charge in [-0.3, -0.25) is 28.9 Å². The van der Waals surface area contributed by atoms with E-state index in [2.05, 4.69) is 26.2 Å². The summed E-state index contributed by atoms with van der Waals surface area (Å²) in [7, 11) is 0. The van der Waals surface area contributed by atoms with E-state index in [0.717, 1.165) is 41.7 Å². The quantitative estimate of drug-likeness (QED) is 0.316. The standard InChI is InChI=1S/C30H26BrN3O7S2/c1-12-4-2-3-5-17(12)32-19(35)11-41-18-7-6-13(31)8-14(18)21-22-15-9-16(25(22)42-27-26(21)43-30(40)33-27)24-23(15)28(38)34(29(24)39)10-20(36)37/h2-8,15-16,21-25H,9-11H2,1H3,(H,32,35)(H,33,40)(H,36,37)/t15?,16?,21-,22?,23?,24?,25?/m1/s1. The van der Waals surface area contributed by atoms with E-state index in [4.69, 9.17) is 4.74 Å². The number of fused-ring (bicyclic) bond motifs is 9. The van der Waals surface area contributed by atoms with Crippen molar-refractivity contribution in [3.05, 3.63) is 72.6 Å². The molecular formula is C30H26BrN3O7S2. The molecule has 3 heterocycles. The lowest BCUT2D eigenvalue weighted by Gasteiger charge is -2.43. The molecule has 0 spiro atoms. The lowest BCUT2D eigenvalue weighted by molar-refractivity contribution is -0.149. The molecule has 2 aromatic carbocycles. The van der Waals surface area contributed by atoms with Gasteiger partial charge in [-0.1, -0.05) is 45.5 Å². The van der Waals surface area contributed by atoms with Crippen LogP contribution in [0.15, 0.2) is 56.8 Å². The van der Waals surface area contributed by atoms with E-state index in [9.17, 15) is 29.1 Å². The highest BCUT2D eigenvalue weighted by Crippen LogP contribution is 2.69. The predicted octanol–water partition coefficient (Wildman–Crippen LogP) is 4.08. The number of anilines is 1. The number of halogens is 1. The average molecular weight is 685 g/mol. The number of aromatic nitrogens is 1. The molecule has 0 radical (unpaired) electrons. The van der Waals surface area contributed by atoms with Crippen LogP contribution in [-0.2, 0) is 19.2 Å². The number of aliphatic carboxylic acids is 1. The number of rotatable bonds is 7. The molecule has 222 valence electrons. The monoisotopic (exact) mass is 683 g/mol. The number of likely N-dealkylation sites (tertiary alicyclic amines) is 1. The minimum absolute atomic E-state index is 0.0632. The number of benzene rings is 2. The van der Waals surface area contributed by atoms with E-state index < -0.39 is 36.2 Å². The summed E-state index contributed by atoms with van der Waals surface area (Å²) >= 11 is 6.25. The second-order valence-electron chi connectivity index (χ2n) is 11.5. The van der Waals surface area contributed by atoms with Crippen LogP contribution in [0.5, 0.6) is 5.75 Å². The van der Waals surface area contributed by atoms with Crippen molar-refractivity contribution in [1.82, 2.24) is 9.88 Å². The van der Waals surface area contributed by atoms with E-state index in [1.165, 1.54) is 0 Å². The van der Waals surface area contributed by atoms with Crippen LogP contribution in [0.4, 0.5) is 5.69 Å². The Kier molecular flexibility index (Phi) is 7.01. The first-order chi connectivity index (χ1) is 20.6. The molecule has 13 heteroatoms. The van der Waals surface area contributed by atoms with Gasteiger partial charge in [0.05, 0.1) is 16.9 Å². The van der Waals surface area contributed by atoms with Gasteiger partial charge in [0.1, 0.15) is 12.3 Å². The molecule has 3 fully saturated rings. The molecule has 7 atom stereocenters. The zero-order valence-corrected chi connectivity index (χ0v) is 26.0. The summed E-state index contributed by atoms with van der Waals surface area (Å²) in [5, 5.41) is 12.9. The van der Waals surface area contributed by atoms with Crippen molar-refractivity contribution in [2.24, 2.45) is 29.6 Å². The maximum absolute atomic E-state index is 13.5. The number of ether oxygens (including phenoxy) is 1. The van der Waals surface area contributed by atoms with Crippen LogP contribution in [0.1, 0.15) is 28.3 Å². The number of carbonyl (C=O) groups excluding carboxylic acids is 3. The first kappa shape index (κ1) is 28.4. The highest BCUT2D eigenvalue weighted by Gasteiger charge is 2.69. The molecule has 2 aliphatic carbocycles. The smallest absolute Gasteiger partial charge is 0.323 e. The van der Waals surface area contributed by atoms with E-state index in [1.807, 2.05) is 43.3 Å². The first-order valence-electron chi connectivity index (χ1n) is 13.9. The zero-order valence-electron chi connectivity index (χ0n) is 22.7. The Morgan fingerprint density at radius 3 is 2.60 bits per heavy atom. The van der Waals surface area contributed by atoms with Crippen molar-refractivity contribution in [3.8, 4) is 5.75 Å². The number of thiazole rings is 1. The second-order valence-corrected chi connectivity index (χ2v) is 14.6. The topological polar surface area (TPSA) is 146 Å². The molecule has 7 rings (SSSR count). The summed E-state index contributed by atoms with van der Waals surface area (Å²) in [6, 6.07) is 13.0. The number of hydrogen-bond donors (Lipinski definition) is 3. The van der Waals surface area contributed by atoms with Crippen molar-refractivity contribution in [3.63, 3.8) is 0 Å². The summed E-state index contributed by atoms with van der Waals surface area (Å²) in [6.45, 7) is 1.04.